The van der Waals surface area contributed by atoms with Crippen LogP contribution in [0.25, 0.3) is 0 Å². The molecule has 0 saturated carbocycles. The van der Waals surface area contributed by atoms with Crippen LogP contribution in [0.1, 0.15) is 26.2 Å². The van der Waals surface area contributed by atoms with Crippen LogP contribution in [0.4, 0.5) is 0 Å². The van der Waals surface area contributed by atoms with Gasteiger partial charge in [-0.2, -0.15) is 5.10 Å². The van der Waals surface area contributed by atoms with Gasteiger partial charge in [-0.05, 0) is 25.0 Å². The SMILES string of the molecule is CCCC/C=N/n1cccc1. The fraction of sp³-hybridized carbons (Fsp3) is 0.444. The second-order valence-electron chi connectivity index (χ2n) is 2.50. The standard InChI is InChI=1S/C9H14N2/c1-2-3-4-7-10-11-8-5-6-9-11/h5-9H,2-4H2,1H3/b10-7+. The lowest BCUT2D eigenvalue weighted by atomic mass is 10.3. The maximum absolute atomic E-state index is 4.20. The maximum atomic E-state index is 4.20. The largest absolute Gasteiger partial charge is 0.249 e. The van der Waals surface area contributed by atoms with Crippen molar-refractivity contribution in [2.24, 2.45) is 5.10 Å². The van der Waals surface area contributed by atoms with Crippen molar-refractivity contribution in [1.82, 2.24) is 4.68 Å². The Morgan fingerprint density at radius 2 is 2.09 bits per heavy atom. The smallest absolute Gasteiger partial charge is 0.0284 e. The molecule has 0 amide bonds. The van der Waals surface area contributed by atoms with Crippen molar-refractivity contribution in [2.75, 3.05) is 0 Å². The lowest BCUT2D eigenvalue weighted by Gasteiger charge is -1.90. The summed E-state index contributed by atoms with van der Waals surface area (Å²) >= 11 is 0. The molecule has 2 heteroatoms. The molecule has 0 spiro atoms. The van der Waals surface area contributed by atoms with Gasteiger partial charge in [0.25, 0.3) is 0 Å². The third-order valence-corrected chi connectivity index (χ3v) is 1.49. The van der Waals surface area contributed by atoms with Gasteiger partial charge in [-0.3, -0.25) is 0 Å². The molecule has 0 aliphatic heterocycles. The van der Waals surface area contributed by atoms with Crippen LogP contribution in [-0.4, -0.2) is 10.9 Å². The molecule has 0 radical (unpaired) electrons. The van der Waals surface area contributed by atoms with Crippen molar-refractivity contribution in [3.63, 3.8) is 0 Å². The van der Waals surface area contributed by atoms with Crippen molar-refractivity contribution < 1.29 is 0 Å². The van der Waals surface area contributed by atoms with Crippen LogP contribution in [0.3, 0.4) is 0 Å². The third kappa shape index (κ3) is 3.03. The van der Waals surface area contributed by atoms with Gasteiger partial charge in [0, 0.05) is 18.6 Å². The Balaban J connectivity index is 2.25. The molecule has 0 fully saturated rings. The first kappa shape index (κ1) is 8.05. The Hall–Kier alpha value is -1.05. The molecule has 0 N–H and O–H groups in total. The van der Waals surface area contributed by atoms with Crippen LogP contribution in [0, 0.1) is 0 Å². The van der Waals surface area contributed by atoms with E-state index < -0.39 is 0 Å². The van der Waals surface area contributed by atoms with Crippen molar-refractivity contribution in [1.29, 1.82) is 0 Å². The van der Waals surface area contributed by atoms with Crippen LogP contribution < -0.4 is 0 Å². The van der Waals surface area contributed by atoms with Crippen molar-refractivity contribution in [3.05, 3.63) is 24.5 Å². The molecular weight excluding hydrogens is 136 g/mol. The molecule has 2 nitrogen and oxygen atoms in total. The summed E-state index contributed by atoms with van der Waals surface area (Å²) < 4.78 is 1.82. The van der Waals surface area contributed by atoms with E-state index in [4.69, 9.17) is 0 Å². The minimum atomic E-state index is 1.08. The summed E-state index contributed by atoms with van der Waals surface area (Å²) in [5, 5.41) is 4.20. The van der Waals surface area contributed by atoms with E-state index in [9.17, 15) is 0 Å². The highest BCUT2D eigenvalue weighted by atomic mass is 15.3. The van der Waals surface area contributed by atoms with Gasteiger partial charge in [0.1, 0.15) is 0 Å². The molecule has 0 unspecified atom stereocenters. The summed E-state index contributed by atoms with van der Waals surface area (Å²) in [6.45, 7) is 2.18. The highest BCUT2D eigenvalue weighted by Crippen LogP contribution is 1.92. The first-order valence-electron chi connectivity index (χ1n) is 4.09. The predicted molar refractivity (Wildman–Crippen MR) is 47.8 cm³/mol. The molecular formula is C9H14N2. The van der Waals surface area contributed by atoms with Gasteiger partial charge in [0.05, 0.1) is 0 Å². The fourth-order valence-corrected chi connectivity index (χ4v) is 0.850. The molecule has 1 aromatic heterocycles. The second kappa shape index (κ2) is 4.72. The highest BCUT2D eigenvalue weighted by Gasteiger charge is 1.80. The summed E-state index contributed by atoms with van der Waals surface area (Å²) in [6, 6.07) is 3.94. The number of hydrogen-bond donors (Lipinski definition) is 0. The van der Waals surface area contributed by atoms with E-state index >= 15 is 0 Å². The van der Waals surface area contributed by atoms with Gasteiger partial charge in [-0.1, -0.05) is 13.3 Å². The van der Waals surface area contributed by atoms with Gasteiger partial charge in [-0.15, -0.1) is 0 Å². The van der Waals surface area contributed by atoms with Crippen molar-refractivity contribution in [3.8, 4) is 0 Å². The van der Waals surface area contributed by atoms with Crippen LogP contribution in [0.5, 0.6) is 0 Å². The Kier molecular flexibility index (Phi) is 3.45. The molecule has 0 aromatic carbocycles. The Labute approximate surface area is 67.5 Å². The molecule has 60 valence electrons. The third-order valence-electron chi connectivity index (χ3n) is 1.49. The first-order valence-corrected chi connectivity index (χ1v) is 4.09. The molecule has 1 aromatic rings. The zero-order valence-corrected chi connectivity index (χ0v) is 6.90. The van der Waals surface area contributed by atoms with Gasteiger partial charge < -0.3 is 0 Å². The predicted octanol–water partition coefficient (Wildman–Crippen LogP) is 2.51. The summed E-state index contributed by atoms with van der Waals surface area (Å²) in [6.07, 6.45) is 9.37. The normalized spacial score (nSPS) is 11.0. The summed E-state index contributed by atoms with van der Waals surface area (Å²) in [5.41, 5.74) is 0. The molecule has 1 rings (SSSR count). The van der Waals surface area contributed by atoms with Gasteiger partial charge in [0.2, 0.25) is 0 Å². The first-order chi connectivity index (χ1) is 5.43. The van der Waals surface area contributed by atoms with E-state index in [0.717, 1.165) is 6.42 Å². The highest BCUT2D eigenvalue weighted by molar-refractivity contribution is 5.56. The Bertz CT molecular complexity index is 199. The minimum Gasteiger partial charge on any atom is -0.249 e. The minimum absolute atomic E-state index is 1.08. The summed E-state index contributed by atoms with van der Waals surface area (Å²) in [5.74, 6) is 0. The zero-order valence-electron chi connectivity index (χ0n) is 6.90. The van der Waals surface area contributed by atoms with E-state index in [1.807, 2.05) is 35.4 Å². The van der Waals surface area contributed by atoms with Gasteiger partial charge >= 0.3 is 0 Å². The van der Waals surface area contributed by atoms with Crippen LogP contribution in [0.2, 0.25) is 0 Å². The number of aromatic nitrogens is 1. The van der Waals surface area contributed by atoms with Crippen LogP contribution in [-0.2, 0) is 0 Å². The second-order valence-corrected chi connectivity index (χ2v) is 2.50. The fourth-order valence-electron chi connectivity index (χ4n) is 0.850. The average molecular weight is 150 g/mol. The number of nitrogens with zero attached hydrogens (tertiary/aromatic N) is 2. The zero-order chi connectivity index (χ0) is 7.94. The van der Waals surface area contributed by atoms with E-state index in [1.165, 1.54) is 12.8 Å². The molecule has 0 saturated heterocycles. The Morgan fingerprint density at radius 1 is 1.36 bits per heavy atom. The van der Waals surface area contributed by atoms with Gasteiger partial charge in [0.15, 0.2) is 0 Å². The van der Waals surface area contributed by atoms with Crippen LogP contribution in [0.15, 0.2) is 29.6 Å². The van der Waals surface area contributed by atoms with E-state index in [2.05, 4.69) is 12.0 Å². The van der Waals surface area contributed by atoms with E-state index in [1.54, 1.807) is 0 Å². The molecule has 1 heterocycles. The topological polar surface area (TPSA) is 17.3 Å². The molecule has 11 heavy (non-hydrogen) atoms. The molecule has 0 aliphatic rings. The molecule has 0 atom stereocenters. The average Bonchev–Trinajstić information content (AvgIpc) is 2.50. The van der Waals surface area contributed by atoms with Crippen LogP contribution >= 0.6 is 0 Å². The summed E-state index contributed by atoms with van der Waals surface area (Å²) in [7, 11) is 0. The van der Waals surface area contributed by atoms with Crippen molar-refractivity contribution in [2.45, 2.75) is 26.2 Å². The number of unbranched alkanes of at least 4 members (excludes halogenated alkanes) is 2. The maximum Gasteiger partial charge on any atom is 0.0284 e. The van der Waals surface area contributed by atoms with E-state index in [-0.39, 0.29) is 0 Å². The lowest BCUT2D eigenvalue weighted by molar-refractivity contribution is 0.825. The monoisotopic (exact) mass is 150 g/mol. The molecule has 0 aliphatic carbocycles. The van der Waals surface area contributed by atoms with Crippen molar-refractivity contribution >= 4 is 6.21 Å². The summed E-state index contributed by atoms with van der Waals surface area (Å²) in [4.78, 5) is 0. The number of rotatable bonds is 4. The number of hydrogen-bond acceptors (Lipinski definition) is 1. The Morgan fingerprint density at radius 3 is 2.73 bits per heavy atom. The lowest BCUT2D eigenvalue weighted by Crippen LogP contribution is -1.83. The van der Waals surface area contributed by atoms with E-state index in [0.29, 0.717) is 0 Å². The molecule has 0 bridgehead atoms. The van der Waals surface area contributed by atoms with Gasteiger partial charge in [-0.25, -0.2) is 4.68 Å². The quantitative estimate of drug-likeness (QED) is 0.463.